The lowest BCUT2D eigenvalue weighted by Crippen LogP contribution is -2.30. The van der Waals surface area contributed by atoms with E-state index >= 15 is 0 Å². The zero-order chi connectivity index (χ0) is 13.1. The molecular formula is C11H19N5O2. The highest BCUT2D eigenvalue weighted by Gasteiger charge is 2.28. The second-order valence-corrected chi connectivity index (χ2v) is 4.89. The Labute approximate surface area is 106 Å². The SMILES string of the molecule is COC(=O)C(C)CN(C)Cc1nnnn1C1CC1. The van der Waals surface area contributed by atoms with Crippen molar-refractivity contribution in [1.82, 2.24) is 25.1 Å². The Balaban J connectivity index is 1.88. The number of hydrogen-bond acceptors (Lipinski definition) is 6. The number of rotatable bonds is 6. The van der Waals surface area contributed by atoms with Gasteiger partial charge in [0.2, 0.25) is 0 Å². The van der Waals surface area contributed by atoms with Gasteiger partial charge in [-0.1, -0.05) is 6.92 Å². The molecule has 100 valence electrons. The molecular weight excluding hydrogens is 234 g/mol. The third-order valence-electron chi connectivity index (χ3n) is 3.05. The normalized spacial score (nSPS) is 16.9. The van der Waals surface area contributed by atoms with Crippen molar-refractivity contribution in [2.75, 3.05) is 20.7 Å². The summed E-state index contributed by atoms with van der Waals surface area (Å²) in [4.78, 5) is 13.4. The number of aromatic nitrogens is 4. The Kier molecular flexibility index (Phi) is 3.90. The summed E-state index contributed by atoms with van der Waals surface area (Å²) in [7, 11) is 3.36. The summed E-state index contributed by atoms with van der Waals surface area (Å²) >= 11 is 0. The highest BCUT2D eigenvalue weighted by atomic mass is 16.5. The van der Waals surface area contributed by atoms with Gasteiger partial charge in [-0.25, -0.2) is 4.68 Å². The molecule has 1 aliphatic rings. The van der Waals surface area contributed by atoms with Crippen molar-refractivity contribution in [2.45, 2.75) is 32.4 Å². The fraction of sp³-hybridized carbons (Fsp3) is 0.818. The van der Waals surface area contributed by atoms with Gasteiger partial charge >= 0.3 is 5.97 Å². The Morgan fingerprint density at radius 1 is 1.61 bits per heavy atom. The molecule has 2 rings (SSSR count). The molecule has 1 fully saturated rings. The molecule has 0 N–H and O–H groups in total. The number of ether oxygens (including phenoxy) is 1. The average Bonchev–Trinajstić information content (AvgIpc) is 3.09. The number of tetrazole rings is 1. The van der Waals surface area contributed by atoms with Crippen LogP contribution in [-0.2, 0) is 16.1 Å². The van der Waals surface area contributed by atoms with Gasteiger partial charge in [-0.15, -0.1) is 5.10 Å². The molecule has 0 saturated heterocycles. The molecule has 0 radical (unpaired) electrons. The molecule has 1 unspecified atom stereocenters. The van der Waals surface area contributed by atoms with Gasteiger partial charge in [0.25, 0.3) is 0 Å². The standard InChI is InChI=1S/C11H19N5O2/c1-8(11(17)18-3)6-15(2)7-10-12-13-14-16(10)9-4-5-9/h8-9H,4-7H2,1-3H3. The molecule has 1 aromatic rings. The molecule has 1 aromatic heterocycles. The lowest BCUT2D eigenvalue weighted by atomic mass is 10.2. The number of nitrogens with zero attached hydrogens (tertiary/aromatic N) is 5. The van der Waals surface area contributed by atoms with E-state index in [-0.39, 0.29) is 11.9 Å². The number of hydrogen-bond donors (Lipinski definition) is 0. The first kappa shape index (κ1) is 12.9. The van der Waals surface area contributed by atoms with Crippen LogP contribution in [0.3, 0.4) is 0 Å². The minimum atomic E-state index is -0.191. The summed E-state index contributed by atoms with van der Waals surface area (Å²) in [6.07, 6.45) is 2.31. The molecule has 0 amide bonds. The monoisotopic (exact) mass is 253 g/mol. The lowest BCUT2D eigenvalue weighted by Gasteiger charge is -2.19. The third-order valence-corrected chi connectivity index (χ3v) is 3.05. The number of esters is 1. The van der Waals surface area contributed by atoms with E-state index in [1.165, 1.54) is 7.11 Å². The van der Waals surface area contributed by atoms with Crippen molar-refractivity contribution >= 4 is 5.97 Å². The molecule has 7 heteroatoms. The van der Waals surface area contributed by atoms with Crippen LogP contribution in [0.25, 0.3) is 0 Å². The van der Waals surface area contributed by atoms with Gasteiger partial charge < -0.3 is 4.74 Å². The van der Waals surface area contributed by atoms with Crippen molar-refractivity contribution in [1.29, 1.82) is 0 Å². The fourth-order valence-corrected chi connectivity index (χ4v) is 1.97. The zero-order valence-electron chi connectivity index (χ0n) is 11.0. The Bertz CT molecular complexity index is 415. The van der Waals surface area contributed by atoms with E-state index in [1.807, 2.05) is 23.6 Å². The first-order valence-electron chi connectivity index (χ1n) is 6.15. The molecule has 1 heterocycles. The van der Waals surface area contributed by atoms with E-state index in [9.17, 15) is 4.79 Å². The van der Waals surface area contributed by atoms with Crippen LogP contribution in [0.15, 0.2) is 0 Å². The molecule has 0 bridgehead atoms. The van der Waals surface area contributed by atoms with Gasteiger partial charge in [0.15, 0.2) is 5.82 Å². The minimum absolute atomic E-state index is 0.148. The smallest absolute Gasteiger partial charge is 0.309 e. The maximum atomic E-state index is 11.3. The first-order chi connectivity index (χ1) is 8.61. The van der Waals surface area contributed by atoms with E-state index in [0.717, 1.165) is 18.7 Å². The van der Waals surface area contributed by atoms with Crippen LogP contribution in [0, 0.1) is 5.92 Å². The van der Waals surface area contributed by atoms with Crippen LogP contribution in [0.4, 0.5) is 0 Å². The van der Waals surface area contributed by atoms with Gasteiger partial charge in [-0.05, 0) is 30.3 Å². The molecule has 0 aromatic carbocycles. The van der Waals surface area contributed by atoms with Crippen LogP contribution < -0.4 is 0 Å². The quantitative estimate of drug-likeness (QED) is 0.677. The van der Waals surface area contributed by atoms with E-state index in [4.69, 9.17) is 4.74 Å². The van der Waals surface area contributed by atoms with Crippen molar-refractivity contribution in [3.63, 3.8) is 0 Å². The third kappa shape index (κ3) is 3.04. The Morgan fingerprint density at radius 2 is 2.33 bits per heavy atom. The molecule has 0 aliphatic heterocycles. The van der Waals surface area contributed by atoms with E-state index in [0.29, 0.717) is 19.1 Å². The number of carbonyl (C=O) groups excluding carboxylic acids is 1. The van der Waals surface area contributed by atoms with Crippen molar-refractivity contribution in [3.05, 3.63) is 5.82 Å². The van der Waals surface area contributed by atoms with Crippen molar-refractivity contribution < 1.29 is 9.53 Å². The highest BCUT2D eigenvalue weighted by Crippen LogP contribution is 2.34. The van der Waals surface area contributed by atoms with E-state index in [2.05, 4.69) is 15.5 Å². The molecule has 1 aliphatic carbocycles. The summed E-state index contributed by atoms with van der Waals surface area (Å²) in [5, 5.41) is 11.7. The van der Waals surface area contributed by atoms with Gasteiger partial charge in [0.1, 0.15) is 0 Å². The fourth-order valence-electron chi connectivity index (χ4n) is 1.97. The van der Waals surface area contributed by atoms with Crippen LogP contribution in [0.2, 0.25) is 0 Å². The van der Waals surface area contributed by atoms with Crippen LogP contribution >= 0.6 is 0 Å². The zero-order valence-corrected chi connectivity index (χ0v) is 11.0. The predicted octanol–water partition coefficient (Wildman–Crippen LogP) is 0.249. The first-order valence-corrected chi connectivity index (χ1v) is 6.15. The minimum Gasteiger partial charge on any atom is -0.469 e. The van der Waals surface area contributed by atoms with Crippen LogP contribution in [0.1, 0.15) is 31.6 Å². The highest BCUT2D eigenvalue weighted by molar-refractivity contribution is 5.71. The summed E-state index contributed by atoms with van der Waals surface area (Å²) in [6, 6.07) is 0.474. The van der Waals surface area contributed by atoms with Crippen LogP contribution in [-0.4, -0.2) is 51.8 Å². The second kappa shape index (κ2) is 5.43. The average molecular weight is 253 g/mol. The summed E-state index contributed by atoms with van der Waals surface area (Å²) in [6.45, 7) is 3.13. The summed E-state index contributed by atoms with van der Waals surface area (Å²) in [5.41, 5.74) is 0. The van der Waals surface area contributed by atoms with Gasteiger partial charge in [0.05, 0.1) is 25.6 Å². The van der Waals surface area contributed by atoms with Gasteiger partial charge in [-0.3, -0.25) is 9.69 Å². The Morgan fingerprint density at radius 3 is 2.94 bits per heavy atom. The summed E-state index contributed by atoms with van der Waals surface area (Å²) in [5.74, 6) is 0.519. The molecule has 7 nitrogen and oxygen atoms in total. The van der Waals surface area contributed by atoms with Crippen molar-refractivity contribution in [3.8, 4) is 0 Å². The Hall–Kier alpha value is -1.50. The molecule has 0 spiro atoms. The largest absolute Gasteiger partial charge is 0.469 e. The lowest BCUT2D eigenvalue weighted by molar-refractivity contribution is -0.145. The number of methoxy groups -OCH3 is 1. The topological polar surface area (TPSA) is 73.1 Å². The molecule has 18 heavy (non-hydrogen) atoms. The molecule has 1 saturated carbocycles. The predicted molar refractivity (Wildman–Crippen MR) is 63.6 cm³/mol. The maximum Gasteiger partial charge on any atom is 0.309 e. The van der Waals surface area contributed by atoms with Crippen molar-refractivity contribution in [2.24, 2.45) is 5.92 Å². The van der Waals surface area contributed by atoms with E-state index in [1.54, 1.807) is 0 Å². The second-order valence-electron chi connectivity index (χ2n) is 4.89. The summed E-state index contributed by atoms with van der Waals surface area (Å²) < 4.78 is 6.60. The molecule has 1 atom stereocenters. The number of carbonyl (C=O) groups is 1. The van der Waals surface area contributed by atoms with Gasteiger partial charge in [-0.2, -0.15) is 0 Å². The van der Waals surface area contributed by atoms with Crippen LogP contribution in [0.5, 0.6) is 0 Å². The maximum absolute atomic E-state index is 11.3. The van der Waals surface area contributed by atoms with E-state index < -0.39 is 0 Å². The van der Waals surface area contributed by atoms with Gasteiger partial charge in [0, 0.05) is 6.54 Å².